The summed E-state index contributed by atoms with van der Waals surface area (Å²) in [5.41, 5.74) is 1.32. The molecule has 0 saturated carbocycles. The van der Waals surface area contributed by atoms with Crippen molar-refractivity contribution in [2.45, 2.75) is 19.1 Å². The van der Waals surface area contributed by atoms with Gasteiger partial charge < -0.3 is 23.7 Å². The molecule has 0 aromatic heterocycles. The average Bonchev–Trinajstić information content (AvgIpc) is 3.50. The fourth-order valence-electron chi connectivity index (χ4n) is 2.53. The van der Waals surface area contributed by atoms with E-state index in [2.05, 4.69) is 0 Å². The third-order valence-electron chi connectivity index (χ3n) is 4.10. The minimum Gasteiger partial charge on any atom is -0.493 e. The fourth-order valence-corrected chi connectivity index (χ4v) is 2.53. The van der Waals surface area contributed by atoms with E-state index in [-0.39, 0.29) is 12.2 Å². The lowest BCUT2D eigenvalue weighted by Gasteiger charge is -2.18. The molecule has 1 saturated heterocycles. The molecule has 1 aliphatic rings. The van der Waals surface area contributed by atoms with E-state index in [1.54, 1.807) is 18.2 Å². The van der Waals surface area contributed by atoms with Gasteiger partial charge in [-0.25, -0.2) is 4.79 Å². The largest absolute Gasteiger partial charge is 0.493 e. The molecule has 0 radical (unpaired) electrons. The lowest BCUT2D eigenvalue weighted by atomic mass is 10.1. The highest BCUT2D eigenvalue weighted by Crippen LogP contribution is 2.36. The molecule has 2 atom stereocenters. The smallest absolute Gasteiger partial charge is 0.337 e. The van der Waals surface area contributed by atoms with Crippen LogP contribution in [0, 0.1) is 0 Å². The van der Waals surface area contributed by atoms with Crippen LogP contribution in [0.3, 0.4) is 0 Å². The van der Waals surface area contributed by atoms with Gasteiger partial charge in [0.2, 0.25) is 0 Å². The molecular weight excluding hydrogens is 336 g/mol. The van der Waals surface area contributed by atoms with Crippen LogP contribution >= 0.6 is 0 Å². The van der Waals surface area contributed by atoms with E-state index in [1.807, 2.05) is 31.2 Å². The minimum absolute atomic E-state index is 0.143. The first-order chi connectivity index (χ1) is 12.6. The normalized spacial score (nSPS) is 16.7. The molecule has 6 nitrogen and oxygen atoms in total. The maximum atomic E-state index is 11.7. The second-order valence-corrected chi connectivity index (χ2v) is 5.93. The summed E-state index contributed by atoms with van der Waals surface area (Å²) < 4.78 is 27.2. The molecular formula is C20H22O6. The first-order valence-corrected chi connectivity index (χ1v) is 8.38. The van der Waals surface area contributed by atoms with Crippen LogP contribution in [0.4, 0.5) is 0 Å². The molecule has 2 aromatic carbocycles. The number of hydrogen-bond acceptors (Lipinski definition) is 6. The fraction of sp³-hybridized carbons (Fsp3) is 0.350. The van der Waals surface area contributed by atoms with Gasteiger partial charge in [0, 0.05) is 5.56 Å². The van der Waals surface area contributed by atoms with Crippen LogP contribution in [-0.2, 0) is 14.2 Å². The van der Waals surface area contributed by atoms with Gasteiger partial charge in [0.15, 0.2) is 11.5 Å². The number of para-hydroxylation sites is 1. The van der Waals surface area contributed by atoms with Crippen molar-refractivity contribution in [2.24, 2.45) is 0 Å². The standard InChI is InChI=1S/C20H22O6/c1-13(24-11-15-12-25-15)16-6-4-5-7-17(16)26-18-9-8-14(20(21)23-3)10-19(18)22-2/h4-10,13,15H,11-12H2,1-3H3. The summed E-state index contributed by atoms with van der Waals surface area (Å²) in [7, 11) is 2.86. The van der Waals surface area contributed by atoms with Crippen molar-refractivity contribution in [1.29, 1.82) is 0 Å². The van der Waals surface area contributed by atoms with Gasteiger partial charge in [-0.2, -0.15) is 0 Å². The Kier molecular flexibility index (Phi) is 5.75. The summed E-state index contributed by atoms with van der Waals surface area (Å²) in [5, 5.41) is 0. The molecule has 0 amide bonds. The predicted molar refractivity (Wildman–Crippen MR) is 95.0 cm³/mol. The Labute approximate surface area is 152 Å². The van der Waals surface area contributed by atoms with Crippen LogP contribution in [0.25, 0.3) is 0 Å². The lowest BCUT2D eigenvalue weighted by Crippen LogP contribution is -2.07. The van der Waals surface area contributed by atoms with Crippen molar-refractivity contribution in [2.75, 3.05) is 27.4 Å². The molecule has 2 unspecified atom stereocenters. The second-order valence-electron chi connectivity index (χ2n) is 5.93. The molecule has 138 valence electrons. The number of epoxide rings is 1. The number of ether oxygens (including phenoxy) is 5. The Balaban J connectivity index is 1.80. The third kappa shape index (κ3) is 4.33. The van der Waals surface area contributed by atoms with Crippen molar-refractivity contribution in [3.63, 3.8) is 0 Å². The Morgan fingerprint density at radius 2 is 1.92 bits per heavy atom. The zero-order chi connectivity index (χ0) is 18.5. The first kappa shape index (κ1) is 18.2. The molecule has 3 rings (SSSR count). The van der Waals surface area contributed by atoms with Crippen LogP contribution in [0.5, 0.6) is 17.2 Å². The minimum atomic E-state index is -0.431. The number of methoxy groups -OCH3 is 2. The van der Waals surface area contributed by atoms with Gasteiger partial charge in [-0.3, -0.25) is 0 Å². The number of esters is 1. The van der Waals surface area contributed by atoms with E-state index in [1.165, 1.54) is 14.2 Å². The number of carbonyl (C=O) groups excluding carboxylic acids is 1. The van der Waals surface area contributed by atoms with Crippen LogP contribution in [0.15, 0.2) is 42.5 Å². The van der Waals surface area contributed by atoms with Gasteiger partial charge >= 0.3 is 5.97 Å². The molecule has 6 heteroatoms. The average molecular weight is 358 g/mol. The van der Waals surface area contributed by atoms with Crippen LogP contribution in [-0.4, -0.2) is 39.5 Å². The van der Waals surface area contributed by atoms with E-state index >= 15 is 0 Å². The van der Waals surface area contributed by atoms with E-state index in [0.717, 1.165) is 12.2 Å². The SMILES string of the molecule is COC(=O)c1ccc(Oc2ccccc2C(C)OCC2CO2)c(OC)c1. The van der Waals surface area contributed by atoms with E-state index in [9.17, 15) is 4.79 Å². The molecule has 2 aromatic rings. The molecule has 0 bridgehead atoms. The Bertz CT molecular complexity index is 769. The van der Waals surface area contributed by atoms with Crippen LogP contribution < -0.4 is 9.47 Å². The monoisotopic (exact) mass is 358 g/mol. The summed E-state index contributed by atoms with van der Waals surface area (Å²) in [6, 6.07) is 12.6. The maximum absolute atomic E-state index is 11.7. The van der Waals surface area contributed by atoms with E-state index in [0.29, 0.717) is 29.4 Å². The van der Waals surface area contributed by atoms with Crippen molar-refractivity contribution < 1.29 is 28.5 Å². The van der Waals surface area contributed by atoms with Gasteiger partial charge in [-0.05, 0) is 31.2 Å². The lowest BCUT2D eigenvalue weighted by molar-refractivity contribution is 0.0527. The summed E-state index contributed by atoms with van der Waals surface area (Å²) in [5.74, 6) is 1.19. The Morgan fingerprint density at radius 3 is 2.62 bits per heavy atom. The number of benzene rings is 2. The van der Waals surface area contributed by atoms with E-state index in [4.69, 9.17) is 23.7 Å². The number of carbonyl (C=O) groups is 1. The highest BCUT2D eigenvalue weighted by molar-refractivity contribution is 5.90. The second kappa shape index (κ2) is 8.21. The highest BCUT2D eigenvalue weighted by Gasteiger charge is 2.24. The zero-order valence-corrected chi connectivity index (χ0v) is 15.1. The van der Waals surface area contributed by atoms with Crippen molar-refractivity contribution in [1.82, 2.24) is 0 Å². The molecule has 1 aliphatic heterocycles. The molecule has 26 heavy (non-hydrogen) atoms. The number of rotatable bonds is 8. The van der Waals surface area contributed by atoms with Gasteiger partial charge in [-0.15, -0.1) is 0 Å². The summed E-state index contributed by atoms with van der Waals surface area (Å²) in [4.78, 5) is 11.7. The van der Waals surface area contributed by atoms with Gasteiger partial charge in [0.25, 0.3) is 0 Å². The summed E-state index contributed by atoms with van der Waals surface area (Å²) in [6.07, 6.45) is 0.0622. The third-order valence-corrected chi connectivity index (χ3v) is 4.10. The summed E-state index contributed by atoms with van der Waals surface area (Å²) >= 11 is 0. The Hall–Kier alpha value is -2.57. The highest BCUT2D eigenvalue weighted by atomic mass is 16.6. The first-order valence-electron chi connectivity index (χ1n) is 8.38. The van der Waals surface area contributed by atoms with Gasteiger partial charge in [-0.1, -0.05) is 18.2 Å². The predicted octanol–water partition coefficient (Wildman–Crippen LogP) is 3.75. The van der Waals surface area contributed by atoms with Crippen molar-refractivity contribution >= 4 is 5.97 Å². The maximum Gasteiger partial charge on any atom is 0.337 e. The molecule has 0 spiro atoms. The Morgan fingerprint density at radius 1 is 1.15 bits per heavy atom. The van der Waals surface area contributed by atoms with Crippen molar-refractivity contribution in [3.05, 3.63) is 53.6 Å². The molecule has 1 heterocycles. The molecule has 0 N–H and O–H groups in total. The quantitative estimate of drug-likeness (QED) is 0.529. The topological polar surface area (TPSA) is 66.5 Å². The van der Waals surface area contributed by atoms with Crippen molar-refractivity contribution in [3.8, 4) is 17.2 Å². The number of hydrogen-bond donors (Lipinski definition) is 0. The molecule has 0 aliphatic carbocycles. The molecule has 1 fully saturated rings. The summed E-state index contributed by atoms with van der Waals surface area (Å²) in [6.45, 7) is 3.30. The van der Waals surface area contributed by atoms with Gasteiger partial charge in [0.1, 0.15) is 11.9 Å². The van der Waals surface area contributed by atoms with Gasteiger partial charge in [0.05, 0.1) is 39.1 Å². The van der Waals surface area contributed by atoms with Crippen LogP contribution in [0.1, 0.15) is 28.9 Å². The van der Waals surface area contributed by atoms with E-state index < -0.39 is 5.97 Å². The zero-order valence-electron chi connectivity index (χ0n) is 15.1. The van der Waals surface area contributed by atoms with Crippen LogP contribution in [0.2, 0.25) is 0 Å².